The van der Waals surface area contributed by atoms with Gasteiger partial charge in [-0.25, -0.2) is 8.42 Å². The third-order valence-corrected chi connectivity index (χ3v) is 4.88. The van der Waals surface area contributed by atoms with E-state index < -0.39 is 21.6 Å². The maximum Gasteiger partial charge on any atom is 0.416 e. The molecule has 0 radical (unpaired) electrons. The first-order valence-corrected chi connectivity index (χ1v) is 7.68. The Labute approximate surface area is 109 Å². The molecule has 1 saturated heterocycles. The van der Waals surface area contributed by atoms with Crippen molar-refractivity contribution in [2.24, 2.45) is 0 Å². The minimum absolute atomic E-state index is 0.104. The molecule has 1 aromatic rings. The molecule has 0 aliphatic carbocycles. The maximum atomic E-state index is 12.4. The van der Waals surface area contributed by atoms with Crippen LogP contribution in [0.5, 0.6) is 0 Å². The number of benzene rings is 1. The third-order valence-electron chi connectivity index (χ3n) is 3.11. The van der Waals surface area contributed by atoms with Crippen molar-refractivity contribution in [2.75, 3.05) is 11.5 Å². The van der Waals surface area contributed by atoms with E-state index in [9.17, 15) is 21.6 Å². The van der Waals surface area contributed by atoms with E-state index in [1.807, 2.05) is 0 Å². The summed E-state index contributed by atoms with van der Waals surface area (Å²) in [7, 11) is -2.94. The third kappa shape index (κ3) is 3.94. The van der Waals surface area contributed by atoms with Crippen molar-refractivity contribution in [1.82, 2.24) is 5.32 Å². The molecule has 1 heterocycles. The zero-order valence-corrected chi connectivity index (χ0v) is 10.9. The lowest BCUT2D eigenvalue weighted by molar-refractivity contribution is -0.137. The van der Waals surface area contributed by atoms with Gasteiger partial charge in [-0.05, 0) is 24.1 Å². The van der Waals surface area contributed by atoms with E-state index in [1.165, 1.54) is 12.1 Å². The highest BCUT2D eigenvalue weighted by Crippen LogP contribution is 2.29. The van der Waals surface area contributed by atoms with Gasteiger partial charge in [0.2, 0.25) is 0 Å². The first-order chi connectivity index (χ1) is 8.76. The lowest BCUT2D eigenvalue weighted by atomic mass is 10.1. The smallest absolute Gasteiger partial charge is 0.309 e. The van der Waals surface area contributed by atoms with E-state index in [4.69, 9.17) is 0 Å². The summed E-state index contributed by atoms with van der Waals surface area (Å²) in [5.74, 6) is 0.283. The number of sulfone groups is 1. The first-order valence-electron chi connectivity index (χ1n) is 5.86. The van der Waals surface area contributed by atoms with Crippen LogP contribution in [0.25, 0.3) is 0 Å². The molecule has 7 heteroatoms. The van der Waals surface area contributed by atoms with Crippen LogP contribution in [0.1, 0.15) is 17.5 Å². The summed E-state index contributed by atoms with van der Waals surface area (Å²) < 4.78 is 59.5. The number of alkyl halides is 3. The Balaban J connectivity index is 1.91. The molecule has 0 bridgehead atoms. The SMILES string of the molecule is O=S1(=O)CCC(NCc2ccc(C(F)(F)F)cc2)C1. The van der Waals surface area contributed by atoms with Crippen molar-refractivity contribution in [3.63, 3.8) is 0 Å². The summed E-state index contributed by atoms with van der Waals surface area (Å²) in [4.78, 5) is 0. The van der Waals surface area contributed by atoms with Crippen LogP contribution >= 0.6 is 0 Å². The van der Waals surface area contributed by atoms with Crippen LogP contribution in [0.15, 0.2) is 24.3 Å². The highest BCUT2D eigenvalue weighted by Gasteiger charge is 2.30. The van der Waals surface area contributed by atoms with E-state index in [1.54, 1.807) is 0 Å². The van der Waals surface area contributed by atoms with Crippen molar-refractivity contribution >= 4 is 9.84 Å². The van der Waals surface area contributed by atoms with Crippen molar-refractivity contribution < 1.29 is 21.6 Å². The van der Waals surface area contributed by atoms with Crippen LogP contribution in [-0.4, -0.2) is 26.0 Å². The lowest BCUT2D eigenvalue weighted by Crippen LogP contribution is -2.29. The molecular formula is C12H14F3NO2S. The normalized spacial score (nSPS) is 22.6. The quantitative estimate of drug-likeness (QED) is 0.927. The lowest BCUT2D eigenvalue weighted by Gasteiger charge is -2.11. The number of nitrogens with one attached hydrogen (secondary N) is 1. The summed E-state index contributed by atoms with van der Waals surface area (Å²) in [6, 6.07) is 4.76. The van der Waals surface area contributed by atoms with Gasteiger partial charge in [-0.15, -0.1) is 0 Å². The largest absolute Gasteiger partial charge is 0.416 e. The summed E-state index contributed by atoms with van der Waals surface area (Å²) in [6.45, 7) is 0.373. The standard InChI is InChI=1S/C12H14F3NO2S/c13-12(14,15)10-3-1-9(2-4-10)7-16-11-5-6-19(17,18)8-11/h1-4,11,16H,5-8H2. The van der Waals surface area contributed by atoms with Crippen molar-refractivity contribution in [3.8, 4) is 0 Å². The van der Waals surface area contributed by atoms with Gasteiger partial charge < -0.3 is 5.32 Å². The number of rotatable bonds is 3. The minimum Gasteiger partial charge on any atom is -0.309 e. The predicted molar refractivity (Wildman–Crippen MR) is 65.3 cm³/mol. The molecule has 1 aliphatic heterocycles. The average molecular weight is 293 g/mol. The average Bonchev–Trinajstić information content (AvgIpc) is 2.66. The summed E-state index contributed by atoms with van der Waals surface area (Å²) in [6.07, 6.45) is -3.77. The molecule has 1 N–H and O–H groups in total. The fourth-order valence-electron chi connectivity index (χ4n) is 2.03. The Morgan fingerprint density at radius 3 is 2.32 bits per heavy atom. The molecule has 0 saturated carbocycles. The van der Waals surface area contributed by atoms with E-state index in [0.717, 1.165) is 12.1 Å². The van der Waals surface area contributed by atoms with Gasteiger partial charge in [-0.3, -0.25) is 0 Å². The molecule has 0 amide bonds. The summed E-state index contributed by atoms with van der Waals surface area (Å²) in [5.41, 5.74) is 0.0250. The molecule has 1 fully saturated rings. The zero-order valence-electron chi connectivity index (χ0n) is 10.1. The Morgan fingerprint density at radius 2 is 1.84 bits per heavy atom. The van der Waals surface area contributed by atoms with Crippen LogP contribution < -0.4 is 5.32 Å². The monoisotopic (exact) mass is 293 g/mol. The highest BCUT2D eigenvalue weighted by molar-refractivity contribution is 7.91. The number of hydrogen-bond acceptors (Lipinski definition) is 3. The molecule has 2 rings (SSSR count). The maximum absolute atomic E-state index is 12.4. The second kappa shape index (κ2) is 5.13. The van der Waals surface area contributed by atoms with E-state index in [0.29, 0.717) is 18.5 Å². The van der Waals surface area contributed by atoms with Gasteiger partial charge in [-0.1, -0.05) is 12.1 Å². The fraction of sp³-hybridized carbons (Fsp3) is 0.500. The van der Waals surface area contributed by atoms with E-state index in [2.05, 4.69) is 5.32 Å². The second-order valence-corrected chi connectivity index (χ2v) is 6.90. The van der Waals surface area contributed by atoms with Crippen LogP contribution in [0, 0.1) is 0 Å². The second-order valence-electron chi connectivity index (χ2n) is 4.68. The van der Waals surface area contributed by atoms with Crippen molar-refractivity contribution in [2.45, 2.75) is 25.2 Å². The molecule has 1 aromatic carbocycles. The topological polar surface area (TPSA) is 46.2 Å². The molecule has 1 atom stereocenters. The molecule has 0 spiro atoms. The number of halogens is 3. The van der Waals surface area contributed by atoms with Crippen LogP contribution in [0.2, 0.25) is 0 Å². The molecule has 19 heavy (non-hydrogen) atoms. The molecule has 3 nitrogen and oxygen atoms in total. The fourth-order valence-corrected chi connectivity index (χ4v) is 3.74. The van der Waals surface area contributed by atoms with Gasteiger partial charge in [0, 0.05) is 12.6 Å². The van der Waals surface area contributed by atoms with Gasteiger partial charge in [0.05, 0.1) is 17.1 Å². The molecule has 0 aromatic heterocycles. The molecule has 106 valence electrons. The van der Waals surface area contributed by atoms with Crippen LogP contribution in [0.4, 0.5) is 13.2 Å². The summed E-state index contributed by atoms with van der Waals surface area (Å²) >= 11 is 0. The first kappa shape index (κ1) is 14.3. The van der Waals surface area contributed by atoms with Crippen LogP contribution in [0.3, 0.4) is 0 Å². The number of hydrogen-bond donors (Lipinski definition) is 1. The Bertz CT molecular complexity index is 537. The van der Waals surface area contributed by atoms with Gasteiger partial charge >= 0.3 is 6.18 Å². The van der Waals surface area contributed by atoms with Gasteiger partial charge in [0.1, 0.15) is 0 Å². The van der Waals surface area contributed by atoms with Crippen molar-refractivity contribution in [3.05, 3.63) is 35.4 Å². The van der Waals surface area contributed by atoms with E-state index >= 15 is 0 Å². The zero-order chi connectivity index (χ0) is 14.1. The molecular weight excluding hydrogens is 279 g/mol. The molecule has 1 unspecified atom stereocenters. The Morgan fingerprint density at radius 1 is 1.21 bits per heavy atom. The van der Waals surface area contributed by atoms with Crippen molar-refractivity contribution in [1.29, 1.82) is 0 Å². The minimum atomic E-state index is -4.33. The van der Waals surface area contributed by atoms with Gasteiger partial charge in [0.15, 0.2) is 9.84 Å². The Kier molecular flexibility index (Phi) is 3.87. The van der Waals surface area contributed by atoms with Gasteiger partial charge in [0.25, 0.3) is 0 Å². The summed E-state index contributed by atoms with van der Waals surface area (Å²) in [5, 5.41) is 3.05. The molecule has 1 aliphatic rings. The van der Waals surface area contributed by atoms with Crippen LogP contribution in [-0.2, 0) is 22.6 Å². The predicted octanol–water partition coefficient (Wildman–Crippen LogP) is 1.98. The van der Waals surface area contributed by atoms with E-state index in [-0.39, 0.29) is 17.5 Å². The highest BCUT2D eigenvalue weighted by atomic mass is 32.2. The Hall–Kier alpha value is -1.08. The van der Waals surface area contributed by atoms with Gasteiger partial charge in [-0.2, -0.15) is 13.2 Å².